The summed E-state index contributed by atoms with van der Waals surface area (Å²) in [6, 6.07) is 5.24. The maximum absolute atomic E-state index is 12.7. The molecule has 0 aromatic carbocycles. The molecule has 3 atom stereocenters. The summed E-state index contributed by atoms with van der Waals surface area (Å²) < 4.78 is 5.29. The van der Waals surface area contributed by atoms with Crippen LogP contribution in [0.3, 0.4) is 0 Å². The molecule has 1 aliphatic rings. The molecule has 0 bridgehead atoms. The standard InChI is InChI=1S/C16H25N3O4/c1-3-7-19(8-11-9-23-10-13(20)15(11)21)16(22)12-5-4-6-14(17-2)18-12/h4-6,11,13,15,20-21H,3,7-10H2,1-2H3,(H,17,18)/t11-,13-,15+/m1/s1. The lowest BCUT2D eigenvalue weighted by Crippen LogP contribution is -2.49. The lowest BCUT2D eigenvalue weighted by molar-refractivity contribution is -0.124. The van der Waals surface area contributed by atoms with Crippen molar-refractivity contribution >= 4 is 11.7 Å². The molecule has 23 heavy (non-hydrogen) atoms. The SMILES string of the molecule is CCCN(C[C@@H]1COC[C@@H](O)[C@H]1O)C(=O)c1cccc(NC)n1. The van der Waals surface area contributed by atoms with Gasteiger partial charge in [0.15, 0.2) is 0 Å². The summed E-state index contributed by atoms with van der Waals surface area (Å²) in [5.41, 5.74) is 0.358. The van der Waals surface area contributed by atoms with Crippen LogP contribution in [-0.2, 0) is 4.74 Å². The van der Waals surface area contributed by atoms with E-state index < -0.39 is 12.2 Å². The number of nitrogens with zero attached hydrogens (tertiary/aromatic N) is 2. The molecular formula is C16H25N3O4. The molecule has 0 saturated carbocycles. The number of carbonyl (C=O) groups excluding carboxylic acids is 1. The number of ether oxygens (including phenoxy) is 1. The van der Waals surface area contributed by atoms with E-state index in [-0.39, 0.29) is 18.4 Å². The van der Waals surface area contributed by atoms with E-state index in [2.05, 4.69) is 10.3 Å². The number of aromatic nitrogens is 1. The summed E-state index contributed by atoms with van der Waals surface area (Å²) in [6.07, 6.45) is -0.991. The molecule has 1 aromatic rings. The van der Waals surface area contributed by atoms with Crippen LogP contribution in [0.5, 0.6) is 0 Å². The first kappa shape index (κ1) is 17.7. The van der Waals surface area contributed by atoms with Crippen LogP contribution in [0, 0.1) is 5.92 Å². The van der Waals surface area contributed by atoms with Crippen LogP contribution in [-0.4, -0.2) is 71.6 Å². The Morgan fingerprint density at radius 2 is 2.22 bits per heavy atom. The second kappa shape index (κ2) is 8.24. The van der Waals surface area contributed by atoms with E-state index in [4.69, 9.17) is 4.74 Å². The zero-order valence-corrected chi connectivity index (χ0v) is 13.6. The maximum atomic E-state index is 12.7. The van der Waals surface area contributed by atoms with Crippen LogP contribution in [0.25, 0.3) is 0 Å². The zero-order chi connectivity index (χ0) is 16.8. The third-order valence-corrected chi connectivity index (χ3v) is 3.96. The van der Waals surface area contributed by atoms with Crippen LogP contribution in [0.2, 0.25) is 0 Å². The minimum atomic E-state index is -0.905. The number of hydrogen-bond donors (Lipinski definition) is 3. The molecule has 0 spiro atoms. The van der Waals surface area contributed by atoms with E-state index in [1.165, 1.54) is 0 Å². The highest BCUT2D eigenvalue weighted by Crippen LogP contribution is 2.18. The van der Waals surface area contributed by atoms with Gasteiger partial charge in [0.1, 0.15) is 17.6 Å². The Kier molecular flexibility index (Phi) is 6.32. The number of pyridine rings is 1. The minimum Gasteiger partial charge on any atom is -0.390 e. The highest BCUT2D eigenvalue weighted by atomic mass is 16.5. The number of aliphatic hydroxyl groups is 2. The topological polar surface area (TPSA) is 94.9 Å². The van der Waals surface area contributed by atoms with Gasteiger partial charge in [0, 0.05) is 26.1 Å². The summed E-state index contributed by atoms with van der Waals surface area (Å²) in [5.74, 6) is 0.140. The van der Waals surface area contributed by atoms with Gasteiger partial charge in [-0.15, -0.1) is 0 Å². The monoisotopic (exact) mass is 323 g/mol. The fourth-order valence-electron chi connectivity index (χ4n) is 2.70. The smallest absolute Gasteiger partial charge is 0.272 e. The van der Waals surface area contributed by atoms with Crippen molar-refractivity contribution in [2.45, 2.75) is 25.6 Å². The predicted molar refractivity (Wildman–Crippen MR) is 86.3 cm³/mol. The number of amides is 1. The Balaban J connectivity index is 2.11. The third-order valence-electron chi connectivity index (χ3n) is 3.96. The van der Waals surface area contributed by atoms with E-state index in [0.29, 0.717) is 31.2 Å². The Hall–Kier alpha value is -1.70. The summed E-state index contributed by atoms with van der Waals surface area (Å²) in [7, 11) is 1.75. The van der Waals surface area contributed by atoms with Gasteiger partial charge in [0.25, 0.3) is 5.91 Å². The van der Waals surface area contributed by atoms with Gasteiger partial charge in [-0.25, -0.2) is 4.98 Å². The lowest BCUT2D eigenvalue weighted by atomic mass is 9.95. The number of hydrogen-bond acceptors (Lipinski definition) is 6. The van der Waals surface area contributed by atoms with Crippen LogP contribution in [0.4, 0.5) is 5.82 Å². The van der Waals surface area contributed by atoms with Crippen molar-refractivity contribution in [3.8, 4) is 0 Å². The molecule has 1 aromatic heterocycles. The second-order valence-electron chi connectivity index (χ2n) is 5.76. The molecule has 1 aliphatic heterocycles. The molecule has 0 aliphatic carbocycles. The fraction of sp³-hybridized carbons (Fsp3) is 0.625. The van der Waals surface area contributed by atoms with Crippen molar-refractivity contribution in [1.29, 1.82) is 0 Å². The van der Waals surface area contributed by atoms with Gasteiger partial charge in [-0.3, -0.25) is 4.79 Å². The molecule has 7 heteroatoms. The van der Waals surface area contributed by atoms with E-state index in [0.717, 1.165) is 6.42 Å². The molecule has 2 heterocycles. The van der Waals surface area contributed by atoms with Crippen molar-refractivity contribution in [2.24, 2.45) is 5.92 Å². The van der Waals surface area contributed by atoms with Crippen LogP contribution < -0.4 is 5.32 Å². The largest absolute Gasteiger partial charge is 0.390 e. The average molecular weight is 323 g/mol. The van der Waals surface area contributed by atoms with E-state index >= 15 is 0 Å². The van der Waals surface area contributed by atoms with Crippen molar-refractivity contribution in [3.05, 3.63) is 23.9 Å². The van der Waals surface area contributed by atoms with Gasteiger partial charge in [-0.05, 0) is 18.6 Å². The molecule has 2 rings (SSSR count). The third kappa shape index (κ3) is 4.40. The predicted octanol–water partition coefficient (Wildman–Crippen LogP) is 0.344. The summed E-state index contributed by atoms with van der Waals surface area (Å²) in [4.78, 5) is 18.7. The Labute approximate surface area is 136 Å². The Morgan fingerprint density at radius 3 is 2.91 bits per heavy atom. The van der Waals surface area contributed by atoms with Gasteiger partial charge >= 0.3 is 0 Å². The number of nitrogens with one attached hydrogen (secondary N) is 1. The van der Waals surface area contributed by atoms with Crippen LogP contribution in [0.15, 0.2) is 18.2 Å². The fourth-order valence-corrected chi connectivity index (χ4v) is 2.70. The highest BCUT2D eigenvalue weighted by molar-refractivity contribution is 5.92. The van der Waals surface area contributed by atoms with Crippen LogP contribution >= 0.6 is 0 Å². The Morgan fingerprint density at radius 1 is 1.43 bits per heavy atom. The van der Waals surface area contributed by atoms with Crippen molar-refractivity contribution in [2.75, 3.05) is 38.7 Å². The van der Waals surface area contributed by atoms with Crippen LogP contribution in [0.1, 0.15) is 23.8 Å². The van der Waals surface area contributed by atoms with E-state index in [9.17, 15) is 15.0 Å². The maximum Gasteiger partial charge on any atom is 0.272 e. The number of aliphatic hydroxyl groups excluding tert-OH is 2. The molecule has 128 valence electrons. The van der Waals surface area contributed by atoms with Crippen molar-refractivity contribution in [1.82, 2.24) is 9.88 Å². The molecule has 1 amide bonds. The summed E-state index contributed by atoms with van der Waals surface area (Å²) in [5, 5.41) is 22.7. The second-order valence-corrected chi connectivity index (χ2v) is 5.76. The molecule has 1 saturated heterocycles. The molecule has 0 radical (unpaired) electrons. The lowest BCUT2D eigenvalue weighted by Gasteiger charge is -2.35. The van der Waals surface area contributed by atoms with E-state index in [1.54, 1.807) is 30.1 Å². The number of carbonyl (C=O) groups is 1. The zero-order valence-electron chi connectivity index (χ0n) is 13.6. The number of anilines is 1. The molecule has 3 N–H and O–H groups in total. The quantitative estimate of drug-likeness (QED) is 0.699. The van der Waals surface area contributed by atoms with Crippen molar-refractivity contribution < 1.29 is 19.7 Å². The molecule has 1 fully saturated rings. The summed E-state index contributed by atoms with van der Waals surface area (Å²) in [6.45, 7) is 3.33. The van der Waals surface area contributed by atoms with Gasteiger partial charge in [-0.1, -0.05) is 13.0 Å². The highest BCUT2D eigenvalue weighted by Gasteiger charge is 2.33. The minimum absolute atomic E-state index is 0.130. The first-order valence-corrected chi connectivity index (χ1v) is 7.94. The first-order chi connectivity index (χ1) is 11.1. The van der Waals surface area contributed by atoms with Gasteiger partial charge in [-0.2, -0.15) is 0 Å². The van der Waals surface area contributed by atoms with Gasteiger partial charge in [0.05, 0.1) is 19.3 Å². The average Bonchev–Trinajstić information content (AvgIpc) is 2.57. The Bertz CT molecular complexity index is 526. The van der Waals surface area contributed by atoms with E-state index in [1.807, 2.05) is 6.92 Å². The number of rotatable bonds is 6. The molecular weight excluding hydrogens is 298 g/mol. The summed E-state index contributed by atoms with van der Waals surface area (Å²) >= 11 is 0. The molecule has 0 unspecified atom stereocenters. The van der Waals surface area contributed by atoms with Gasteiger partial charge < -0.3 is 25.2 Å². The van der Waals surface area contributed by atoms with Gasteiger partial charge in [0.2, 0.25) is 0 Å². The van der Waals surface area contributed by atoms with Crippen molar-refractivity contribution in [3.63, 3.8) is 0 Å². The first-order valence-electron chi connectivity index (χ1n) is 7.94. The normalized spacial score (nSPS) is 24.3. The molecule has 7 nitrogen and oxygen atoms in total.